The number of ether oxygens (including phenoxy) is 1. The van der Waals surface area contributed by atoms with E-state index in [0.717, 1.165) is 10.9 Å². The molecule has 3 aromatic rings. The van der Waals surface area contributed by atoms with Crippen molar-refractivity contribution in [1.29, 1.82) is 0 Å². The number of hydrogen-bond acceptors (Lipinski definition) is 7. The lowest BCUT2D eigenvalue weighted by Gasteiger charge is -2.06. The zero-order chi connectivity index (χ0) is 18.1. The number of aliphatic imine (C=N–C) groups is 1. The Kier molecular flexibility index (Phi) is 4.44. The number of methoxy groups -OCH3 is 1. The van der Waals surface area contributed by atoms with Crippen LogP contribution in [0.15, 0.2) is 51.8 Å². The van der Waals surface area contributed by atoms with Crippen LogP contribution in [0.3, 0.4) is 0 Å². The summed E-state index contributed by atoms with van der Waals surface area (Å²) in [5.74, 6) is 0.600. The van der Waals surface area contributed by atoms with Crippen molar-refractivity contribution in [2.45, 2.75) is 0 Å². The van der Waals surface area contributed by atoms with Gasteiger partial charge >= 0.3 is 0 Å². The Bertz CT molecular complexity index is 1040. The molecule has 1 aromatic carbocycles. The maximum atomic E-state index is 12.5. The van der Waals surface area contributed by atoms with Crippen molar-refractivity contribution < 1.29 is 9.53 Å². The fourth-order valence-electron chi connectivity index (χ4n) is 2.52. The number of likely N-dealkylation sites (N-methyl/N-ethyl adjacent to an activating group) is 1. The number of hydrogen-bond donors (Lipinski definition) is 0. The van der Waals surface area contributed by atoms with E-state index in [2.05, 4.69) is 15.0 Å². The molecule has 0 aliphatic carbocycles. The van der Waals surface area contributed by atoms with Gasteiger partial charge in [0.25, 0.3) is 5.91 Å². The molecule has 130 valence electrons. The number of nitrogens with zero attached hydrogens (tertiary/aromatic N) is 4. The van der Waals surface area contributed by atoms with Crippen molar-refractivity contribution in [3.05, 3.63) is 52.5 Å². The Morgan fingerprint density at radius 2 is 2.15 bits per heavy atom. The number of benzene rings is 1. The first-order chi connectivity index (χ1) is 12.7. The van der Waals surface area contributed by atoms with E-state index in [0.29, 0.717) is 26.6 Å². The first-order valence-electron chi connectivity index (χ1n) is 7.75. The lowest BCUT2D eigenvalue weighted by Crippen LogP contribution is -2.23. The van der Waals surface area contributed by atoms with Crippen molar-refractivity contribution in [2.75, 3.05) is 14.2 Å². The van der Waals surface area contributed by atoms with Crippen LogP contribution in [0.5, 0.6) is 5.75 Å². The van der Waals surface area contributed by atoms with Crippen molar-refractivity contribution >= 4 is 56.3 Å². The van der Waals surface area contributed by atoms with Gasteiger partial charge in [0.15, 0.2) is 5.17 Å². The third kappa shape index (κ3) is 3.09. The molecule has 0 atom stereocenters. The lowest BCUT2D eigenvalue weighted by molar-refractivity contribution is -0.121. The van der Waals surface area contributed by atoms with Crippen LogP contribution in [0, 0.1) is 0 Å². The second kappa shape index (κ2) is 6.89. The molecule has 0 spiro atoms. The van der Waals surface area contributed by atoms with Crippen LogP contribution in [-0.2, 0) is 4.79 Å². The molecule has 1 fully saturated rings. The molecule has 26 heavy (non-hydrogen) atoms. The first kappa shape index (κ1) is 16.7. The lowest BCUT2D eigenvalue weighted by atomic mass is 10.2. The van der Waals surface area contributed by atoms with Gasteiger partial charge in [0.2, 0.25) is 5.13 Å². The standard InChI is InChI=1S/C18H14N4O2S2/c1-22-16(23)14(26-18(22)21-17-19-8-9-25-17)10-12-7-6-11-4-3-5-13(24-2)15(11)20-12/h3-10H,1-2H3/b14-10-,21-18+. The van der Waals surface area contributed by atoms with Gasteiger partial charge < -0.3 is 4.74 Å². The highest BCUT2D eigenvalue weighted by Crippen LogP contribution is 2.33. The van der Waals surface area contributed by atoms with E-state index < -0.39 is 0 Å². The number of thioether (sulfide) groups is 1. The SMILES string of the molecule is COc1cccc2ccc(/C=C3\S/C(=N/c4nccs4)N(C)C3=O)nc12. The summed E-state index contributed by atoms with van der Waals surface area (Å²) in [6.45, 7) is 0. The smallest absolute Gasteiger partial charge is 0.266 e. The Morgan fingerprint density at radius 1 is 1.27 bits per heavy atom. The van der Waals surface area contributed by atoms with Gasteiger partial charge in [-0.25, -0.2) is 9.97 Å². The highest BCUT2D eigenvalue weighted by Gasteiger charge is 2.30. The first-order valence-corrected chi connectivity index (χ1v) is 9.45. The van der Waals surface area contributed by atoms with Crippen LogP contribution in [0.2, 0.25) is 0 Å². The fourth-order valence-corrected chi connectivity index (χ4v) is 4.03. The van der Waals surface area contributed by atoms with E-state index in [-0.39, 0.29) is 5.91 Å². The number of rotatable bonds is 3. The largest absolute Gasteiger partial charge is 0.494 e. The number of pyridine rings is 1. The fraction of sp³-hybridized carbons (Fsp3) is 0.111. The Morgan fingerprint density at radius 3 is 2.92 bits per heavy atom. The van der Waals surface area contributed by atoms with Crippen LogP contribution in [0.4, 0.5) is 5.13 Å². The van der Waals surface area contributed by atoms with Crippen molar-refractivity contribution in [1.82, 2.24) is 14.9 Å². The van der Waals surface area contributed by atoms with Gasteiger partial charge in [-0.2, -0.15) is 4.99 Å². The number of thiazole rings is 1. The molecular weight excluding hydrogens is 368 g/mol. The number of para-hydroxylation sites is 1. The van der Waals surface area contributed by atoms with Gasteiger partial charge in [0.1, 0.15) is 11.3 Å². The Labute approximate surface area is 158 Å². The summed E-state index contributed by atoms with van der Waals surface area (Å²) >= 11 is 2.75. The average Bonchev–Trinajstić information content (AvgIpc) is 3.26. The second-order valence-electron chi connectivity index (χ2n) is 5.45. The molecule has 0 unspecified atom stereocenters. The number of fused-ring (bicyclic) bond motifs is 1. The molecule has 1 aliphatic heterocycles. The van der Waals surface area contributed by atoms with E-state index in [1.54, 1.807) is 26.4 Å². The van der Waals surface area contributed by atoms with E-state index in [4.69, 9.17) is 4.74 Å². The summed E-state index contributed by atoms with van der Waals surface area (Å²) in [5, 5.41) is 4.07. The van der Waals surface area contributed by atoms with Crippen molar-refractivity contribution in [3.8, 4) is 5.75 Å². The van der Waals surface area contributed by atoms with Gasteiger partial charge in [-0.05, 0) is 30.0 Å². The number of amidine groups is 1. The molecule has 1 saturated heterocycles. The number of carbonyl (C=O) groups is 1. The molecule has 1 amide bonds. The topological polar surface area (TPSA) is 67.7 Å². The highest BCUT2D eigenvalue weighted by atomic mass is 32.2. The van der Waals surface area contributed by atoms with Crippen LogP contribution in [0.1, 0.15) is 5.69 Å². The summed E-state index contributed by atoms with van der Waals surface area (Å²) in [6, 6.07) is 9.62. The average molecular weight is 382 g/mol. The van der Waals surface area contributed by atoms with E-state index in [1.165, 1.54) is 28.0 Å². The number of aromatic nitrogens is 2. The van der Waals surface area contributed by atoms with Gasteiger partial charge in [0, 0.05) is 24.0 Å². The third-order valence-corrected chi connectivity index (χ3v) is 5.54. The summed E-state index contributed by atoms with van der Waals surface area (Å²) in [6.07, 6.45) is 3.47. The normalized spacial score (nSPS) is 17.6. The minimum absolute atomic E-state index is 0.104. The molecular formula is C18H14N4O2S2. The predicted octanol–water partition coefficient (Wildman–Crippen LogP) is 3.93. The molecule has 4 rings (SSSR count). The molecule has 6 nitrogen and oxygen atoms in total. The molecule has 0 saturated carbocycles. The van der Waals surface area contributed by atoms with E-state index >= 15 is 0 Å². The summed E-state index contributed by atoms with van der Waals surface area (Å²) < 4.78 is 5.38. The van der Waals surface area contributed by atoms with Gasteiger partial charge in [0.05, 0.1) is 17.7 Å². The molecule has 0 radical (unpaired) electrons. The number of amides is 1. The van der Waals surface area contributed by atoms with Crippen LogP contribution in [0.25, 0.3) is 17.0 Å². The summed E-state index contributed by atoms with van der Waals surface area (Å²) in [7, 11) is 3.33. The minimum atomic E-state index is -0.104. The zero-order valence-corrected chi connectivity index (χ0v) is 15.7. The Hall–Kier alpha value is -2.71. The van der Waals surface area contributed by atoms with Gasteiger partial charge in [-0.3, -0.25) is 9.69 Å². The molecule has 1 aliphatic rings. The summed E-state index contributed by atoms with van der Waals surface area (Å²) in [5.41, 5.74) is 1.46. The monoisotopic (exact) mass is 382 g/mol. The number of carbonyl (C=O) groups excluding carboxylic acids is 1. The van der Waals surface area contributed by atoms with Crippen LogP contribution < -0.4 is 4.74 Å². The van der Waals surface area contributed by atoms with E-state index in [9.17, 15) is 4.79 Å². The quantitative estimate of drug-likeness (QED) is 0.642. The predicted molar refractivity (Wildman–Crippen MR) is 106 cm³/mol. The molecule has 2 aromatic heterocycles. The Balaban J connectivity index is 1.70. The summed E-state index contributed by atoms with van der Waals surface area (Å²) in [4.78, 5) is 27.8. The highest BCUT2D eigenvalue weighted by molar-refractivity contribution is 8.18. The molecule has 3 heterocycles. The third-order valence-electron chi connectivity index (χ3n) is 3.82. The van der Waals surface area contributed by atoms with Gasteiger partial charge in [-0.1, -0.05) is 18.2 Å². The maximum Gasteiger partial charge on any atom is 0.266 e. The van der Waals surface area contributed by atoms with Crippen LogP contribution in [-0.4, -0.2) is 40.1 Å². The van der Waals surface area contributed by atoms with E-state index in [1.807, 2.05) is 35.7 Å². The maximum absolute atomic E-state index is 12.5. The molecule has 8 heteroatoms. The minimum Gasteiger partial charge on any atom is -0.494 e. The van der Waals surface area contributed by atoms with Crippen LogP contribution >= 0.6 is 23.1 Å². The second-order valence-corrected chi connectivity index (χ2v) is 7.33. The van der Waals surface area contributed by atoms with Crippen molar-refractivity contribution in [3.63, 3.8) is 0 Å². The zero-order valence-electron chi connectivity index (χ0n) is 14.0. The molecule has 0 bridgehead atoms. The molecule has 0 N–H and O–H groups in total. The van der Waals surface area contributed by atoms with Crippen molar-refractivity contribution in [2.24, 2.45) is 4.99 Å². The van der Waals surface area contributed by atoms with Gasteiger partial charge in [-0.15, -0.1) is 11.3 Å².